The zero-order valence-electron chi connectivity index (χ0n) is 32.4. The van der Waals surface area contributed by atoms with E-state index < -0.39 is 5.60 Å². The third kappa shape index (κ3) is 6.15. The first-order chi connectivity index (χ1) is 26.6. The van der Waals surface area contributed by atoms with Crippen molar-refractivity contribution >= 4 is 28.2 Å². The number of ether oxygens (including phenoxy) is 1. The van der Waals surface area contributed by atoms with E-state index in [-0.39, 0.29) is 17.6 Å². The normalized spacial score (nSPS) is 22.2. The van der Waals surface area contributed by atoms with Gasteiger partial charge in [0, 0.05) is 12.5 Å². The Morgan fingerprint density at radius 1 is 0.691 bits per heavy atom. The van der Waals surface area contributed by atoms with Crippen LogP contribution in [0.25, 0.3) is 44.3 Å². The first kappa shape index (κ1) is 33.4. The topological polar surface area (TPSA) is 86.9 Å². The van der Waals surface area contributed by atoms with Crippen LogP contribution in [0.3, 0.4) is 0 Å². The summed E-state index contributed by atoms with van der Waals surface area (Å²) in [5.41, 5.74) is 15.2. The van der Waals surface area contributed by atoms with Gasteiger partial charge in [0.1, 0.15) is 17.2 Å². The van der Waals surface area contributed by atoms with Gasteiger partial charge in [0.15, 0.2) is 0 Å². The molecule has 280 valence electrons. The lowest BCUT2D eigenvalue weighted by atomic mass is 9.87. The van der Waals surface area contributed by atoms with Crippen molar-refractivity contribution in [1.29, 1.82) is 0 Å². The predicted molar refractivity (Wildman–Crippen MR) is 218 cm³/mol. The molecule has 7 nitrogen and oxygen atoms in total. The number of aromatic amines is 2. The van der Waals surface area contributed by atoms with Crippen LogP contribution in [-0.2, 0) is 30.4 Å². The largest absolute Gasteiger partial charge is 0.444 e. The van der Waals surface area contributed by atoms with Crippen LogP contribution in [0.15, 0.2) is 72.8 Å². The number of nitrogens with zero attached hydrogens (tertiary/aromatic N) is 3. The molecule has 14 rings (SSSR count). The van der Waals surface area contributed by atoms with Gasteiger partial charge in [-0.25, -0.2) is 14.8 Å². The van der Waals surface area contributed by atoms with Gasteiger partial charge >= 0.3 is 6.09 Å². The molecule has 3 saturated carbocycles. The van der Waals surface area contributed by atoms with Gasteiger partial charge in [-0.1, -0.05) is 48.5 Å². The van der Waals surface area contributed by atoms with Crippen molar-refractivity contribution in [2.45, 2.75) is 115 Å². The van der Waals surface area contributed by atoms with E-state index >= 15 is 0 Å². The summed E-state index contributed by atoms with van der Waals surface area (Å²) >= 11 is 0. The van der Waals surface area contributed by atoms with E-state index in [4.69, 9.17) is 14.7 Å². The van der Waals surface area contributed by atoms with Crippen LogP contribution in [0, 0.1) is 10.8 Å². The number of aryl methyl sites for hydroxylation is 4. The molecular formula is C48H51N5O2. The summed E-state index contributed by atoms with van der Waals surface area (Å²) in [6, 6.07) is 27.7. The number of hydrogen-bond donors (Lipinski definition) is 2. The minimum atomic E-state index is -0.534. The lowest BCUT2D eigenvalue weighted by Crippen LogP contribution is -2.37. The van der Waals surface area contributed by atoms with Gasteiger partial charge in [-0.15, -0.1) is 0 Å². The molecule has 4 bridgehead atoms. The minimum Gasteiger partial charge on any atom is -0.444 e. The second kappa shape index (κ2) is 12.0. The monoisotopic (exact) mass is 729 g/mol. The number of rotatable bonds is 4. The number of likely N-dealkylation sites (tertiary alicyclic amines) is 1. The molecule has 2 N–H and O–H groups in total. The molecule has 2 aromatic heterocycles. The molecule has 2 atom stereocenters. The predicted octanol–water partition coefficient (Wildman–Crippen LogP) is 11.2. The lowest BCUT2D eigenvalue weighted by molar-refractivity contribution is 0.0212. The van der Waals surface area contributed by atoms with Crippen molar-refractivity contribution in [3.63, 3.8) is 0 Å². The number of hydrogen-bond acceptors (Lipinski definition) is 4. The molecule has 7 heteroatoms. The van der Waals surface area contributed by atoms with Crippen LogP contribution in [0.1, 0.15) is 118 Å². The Hall–Kier alpha value is -4.91. The van der Waals surface area contributed by atoms with Crippen LogP contribution in [-0.4, -0.2) is 43.1 Å². The summed E-state index contributed by atoms with van der Waals surface area (Å²) in [7, 11) is 0. The number of fused-ring (bicyclic) bond motifs is 2. The van der Waals surface area contributed by atoms with Gasteiger partial charge in [-0.3, -0.25) is 4.90 Å². The Balaban J connectivity index is 0.867. The van der Waals surface area contributed by atoms with Gasteiger partial charge in [-0.05, 0) is 177 Å². The van der Waals surface area contributed by atoms with Crippen molar-refractivity contribution in [1.82, 2.24) is 24.8 Å². The summed E-state index contributed by atoms with van der Waals surface area (Å²) in [4.78, 5) is 32.8. The maximum atomic E-state index is 13.3. The summed E-state index contributed by atoms with van der Waals surface area (Å²) in [5, 5.41) is 0. The summed E-state index contributed by atoms with van der Waals surface area (Å²) in [6.07, 6.45) is 13.7. The highest BCUT2D eigenvalue weighted by atomic mass is 16.6. The molecule has 7 aliphatic carbocycles. The van der Waals surface area contributed by atoms with Gasteiger partial charge in [0.05, 0.1) is 28.1 Å². The van der Waals surface area contributed by atoms with E-state index in [1.54, 1.807) is 0 Å². The van der Waals surface area contributed by atoms with Crippen LogP contribution in [0.2, 0.25) is 0 Å². The van der Waals surface area contributed by atoms with Gasteiger partial charge < -0.3 is 14.7 Å². The molecule has 2 spiro atoms. The van der Waals surface area contributed by atoms with Gasteiger partial charge in [-0.2, -0.15) is 0 Å². The molecular weight excluding hydrogens is 679 g/mol. The highest BCUT2D eigenvalue weighted by Crippen LogP contribution is 2.61. The fourth-order valence-corrected chi connectivity index (χ4v) is 10.3. The summed E-state index contributed by atoms with van der Waals surface area (Å²) in [6.45, 7) is 6.55. The Morgan fingerprint density at radius 2 is 1.27 bits per heavy atom. The Bertz CT molecular complexity index is 2510. The fraction of sp³-hybridized carbons (Fsp3) is 0.438. The molecule has 2 unspecified atom stereocenters. The molecule has 8 aliphatic rings. The van der Waals surface area contributed by atoms with Crippen LogP contribution >= 0.6 is 0 Å². The van der Waals surface area contributed by atoms with Crippen LogP contribution in [0.5, 0.6) is 0 Å². The quantitative estimate of drug-likeness (QED) is 0.189. The molecule has 6 aromatic rings. The zero-order chi connectivity index (χ0) is 37.1. The highest BCUT2D eigenvalue weighted by Gasteiger charge is 2.55. The zero-order valence-corrected chi connectivity index (χ0v) is 32.4. The third-order valence-electron chi connectivity index (χ3n) is 13.8. The number of H-pyrrole nitrogens is 2. The minimum absolute atomic E-state index is 0.0979. The number of amides is 1. The van der Waals surface area contributed by atoms with Crippen LogP contribution < -0.4 is 0 Å². The van der Waals surface area contributed by atoms with Crippen molar-refractivity contribution in [3.8, 4) is 22.3 Å². The number of carbonyl (C=O) groups excluding carboxylic acids is 1. The van der Waals surface area contributed by atoms with Crippen LogP contribution in [0.4, 0.5) is 4.79 Å². The fourth-order valence-electron chi connectivity index (χ4n) is 10.3. The average Bonchev–Trinajstić information content (AvgIpc) is 3.79. The molecule has 55 heavy (non-hydrogen) atoms. The van der Waals surface area contributed by atoms with E-state index in [1.807, 2.05) is 25.7 Å². The molecule has 3 heterocycles. The van der Waals surface area contributed by atoms with Crippen molar-refractivity contribution in [2.75, 3.05) is 6.54 Å². The molecule has 1 amide bonds. The maximum Gasteiger partial charge on any atom is 0.410 e. The molecule has 4 fully saturated rings. The number of carbonyl (C=O) groups is 1. The first-order valence-electron chi connectivity index (χ1n) is 20.8. The first-order valence-corrected chi connectivity index (χ1v) is 20.8. The maximum absolute atomic E-state index is 13.3. The lowest BCUT2D eigenvalue weighted by Gasteiger charge is -2.27. The van der Waals surface area contributed by atoms with Crippen molar-refractivity contribution in [2.24, 2.45) is 10.8 Å². The van der Waals surface area contributed by atoms with Crippen molar-refractivity contribution < 1.29 is 9.53 Å². The smallest absolute Gasteiger partial charge is 0.410 e. The van der Waals surface area contributed by atoms with E-state index in [0.717, 1.165) is 66.5 Å². The standard InChI is InChI=1S/C48H51N5O2/c1-46(2,3)55-45(54)53-28-48(20-21-48)27-42(53)44-50-39-15-13-34(25-41(39)52-44)37-23-30-5-9-31-8-4-29(6-10-32(37)11-7-30)22-36(31)33-12-14-38-40(24-33)51-43(49-38)35-16-17-47(26-35)18-19-47/h4,7-8,11-15,22-25,35,42H,5-6,9-10,16-21,26-28H2,1-3H3,(H,49,51)(H,50,52). The highest BCUT2D eigenvalue weighted by molar-refractivity contribution is 5.85. The third-order valence-corrected chi connectivity index (χ3v) is 13.8. The Kier molecular flexibility index (Phi) is 7.32. The number of aromatic nitrogens is 4. The van der Waals surface area contributed by atoms with Crippen molar-refractivity contribution in [3.05, 3.63) is 107 Å². The Labute approximate surface area is 323 Å². The number of imidazole rings is 2. The summed E-state index contributed by atoms with van der Waals surface area (Å²) < 4.78 is 5.85. The van der Waals surface area contributed by atoms with E-state index in [1.165, 1.54) is 95.3 Å². The molecule has 0 radical (unpaired) electrons. The molecule has 4 aromatic carbocycles. The van der Waals surface area contributed by atoms with Gasteiger partial charge in [0.25, 0.3) is 0 Å². The molecule has 1 saturated heterocycles. The number of benzene rings is 4. The van der Waals surface area contributed by atoms with E-state index in [2.05, 4.69) is 82.8 Å². The molecule has 1 aliphatic heterocycles. The average molecular weight is 730 g/mol. The number of nitrogens with one attached hydrogen (secondary N) is 2. The summed E-state index contributed by atoms with van der Waals surface area (Å²) in [5.74, 6) is 2.65. The van der Waals surface area contributed by atoms with E-state index in [9.17, 15) is 4.79 Å². The van der Waals surface area contributed by atoms with E-state index in [0.29, 0.717) is 11.3 Å². The second-order valence-corrected chi connectivity index (χ2v) is 19.0. The van der Waals surface area contributed by atoms with Gasteiger partial charge in [0.2, 0.25) is 0 Å². The second-order valence-electron chi connectivity index (χ2n) is 19.0. The Morgan fingerprint density at radius 3 is 1.84 bits per heavy atom. The SMILES string of the molecule is CC(C)(C)OC(=O)N1CC2(CC2)CC1c1nc2ccc(-c3cc4ccc3CCc3ccc(c(-c5ccc6nc(C7CCC8(CC8)C7)[nH]c6c5)c3)CC4)cc2[nH]1.